The van der Waals surface area contributed by atoms with Gasteiger partial charge in [0.1, 0.15) is 6.61 Å². The molecule has 1 fully saturated rings. The monoisotopic (exact) mass is 335 g/mol. The number of ether oxygens (including phenoxy) is 1. The molecule has 4 nitrogen and oxygen atoms in total. The van der Waals surface area contributed by atoms with Crippen LogP contribution in [-0.4, -0.2) is 41.2 Å². The first-order valence-corrected chi connectivity index (χ1v) is 7.79. The van der Waals surface area contributed by atoms with Crippen LogP contribution in [-0.2, 0) is 9.53 Å². The Bertz CT molecular complexity index is 466. The first kappa shape index (κ1) is 15.9. The predicted octanol–water partition coefficient (Wildman–Crippen LogP) is 3.57. The minimum atomic E-state index is -0.948. The summed E-state index contributed by atoms with van der Waals surface area (Å²) in [7, 11) is 0. The molecule has 0 aliphatic carbocycles. The molecule has 1 aromatic rings. The first-order valence-electron chi connectivity index (χ1n) is 6.26. The van der Waals surface area contributed by atoms with E-state index in [0.717, 1.165) is 24.3 Å². The third kappa shape index (κ3) is 4.27. The van der Waals surface area contributed by atoms with Crippen LogP contribution in [0.15, 0.2) is 23.1 Å². The van der Waals surface area contributed by atoms with Gasteiger partial charge in [-0.2, -0.15) is 0 Å². The zero-order valence-electron chi connectivity index (χ0n) is 10.7. The van der Waals surface area contributed by atoms with Crippen molar-refractivity contribution in [3.63, 3.8) is 0 Å². The Labute approximate surface area is 132 Å². The van der Waals surface area contributed by atoms with Gasteiger partial charge in [0, 0.05) is 12.6 Å². The normalized spacial score (nSPS) is 19.4. The van der Waals surface area contributed by atoms with Crippen molar-refractivity contribution >= 4 is 41.1 Å². The molecule has 0 spiro atoms. The SMILES string of the molecule is O=C(O)COCC1CCCN1Sc1c(Cl)cccc1Cl. The molecule has 1 aromatic carbocycles. The van der Waals surface area contributed by atoms with E-state index in [1.807, 2.05) is 18.2 Å². The topological polar surface area (TPSA) is 49.8 Å². The zero-order valence-corrected chi connectivity index (χ0v) is 13.0. The number of aliphatic carboxylic acids is 1. The van der Waals surface area contributed by atoms with Crippen LogP contribution >= 0.6 is 35.1 Å². The van der Waals surface area contributed by atoms with Gasteiger partial charge in [0.2, 0.25) is 0 Å². The van der Waals surface area contributed by atoms with Gasteiger partial charge in [0.25, 0.3) is 0 Å². The number of halogens is 2. The van der Waals surface area contributed by atoms with E-state index in [0.29, 0.717) is 16.7 Å². The number of carboxylic acids is 1. The molecule has 1 aliphatic heterocycles. The number of benzene rings is 1. The largest absolute Gasteiger partial charge is 0.480 e. The summed E-state index contributed by atoms with van der Waals surface area (Å²) < 4.78 is 7.35. The number of nitrogens with zero attached hydrogens (tertiary/aromatic N) is 1. The summed E-state index contributed by atoms with van der Waals surface area (Å²) in [4.78, 5) is 11.3. The van der Waals surface area contributed by atoms with E-state index in [9.17, 15) is 4.79 Å². The standard InChI is InChI=1S/C13H15Cl2NO3S/c14-10-4-1-5-11(15)13(10)20-16-6-2-3-9(16)7-19-8-12(17)18/h1,4-5,9H,2-3,6-8H2,(H,17,18). The van der Waals surface area contributed by atoms with Crippen molar-refractivity contribution in [2.24, 2.45) is 0 Å². The van der Waals surface area contributed by atoms with Crippen molar-refractivity contribution in [3.05, 3.63) is 28.2 Å². The summed E-state index contributed by atoms with van der Waals surface area (Å²) in [6.45, 7) is 1.05. The number of hydrogen-bond donors (Lipinski definition) is 1. The molecule has 0 aromatic heterocycles. The minimum Gasteiger partial charge on any atom is -0.480 e. The van der Waals surface area contributed by atoms with Crippen molar-refractivity contribution < 1.29 is 14.6 Å². The van der Waals surface area contributed by atoms with Gasteiger partial charge in [-0.1, -0.05) is 29.3 Å². The molecular weight excluding hydrogens is 321 g/mol. The molecule has 1 unspecified atom stereocenters. The number of hydrogen-bond acceptors (Lipinski definition) is 4. The van der Waals surface area contributed by atoms with Crippen LogP contribution in [0.25, 0.3) is 0 Å². The van der Waals surface area contributed by atoms with Gasteiger partial charge in [-0.05, 0) is 36.9 Å². The summed E-state index contributed by atoms with van der Waals surface area (Å²) in [5.41, 5.74) is 0. The lowest BCUT2D eigenvalue weighted by Crippen LogP contribution is -2.28. The summed E-state index contributed by atoms with van der Waals surface area (Å²) in [5, 5.41) is 9.83. The number of carboxylic acid groups (broad SMARTS) is 1. The molecule has 1 aliphatic rings. The highest BCUT2D eigenvalue weighted by molar-refractivity contribution is 7.97. The van der Waals surface area contributed by atoms with E-state index in [2.05, 4.69) is 4.31 Å². The Morgan fingerprint density at radius 2 is 2.15 bits per heavy atom. The Morgan fingerprint density at radius 3 is 2.80 bits per heavy atom. The van der Waals surface area contributed by atoms with E-state index >= 15 is 0 Å². The quantitative estimate of drug-likeness (QED) is 0.805. The van der Waals surface area contributed by atoms with Crippen molar-refractivity contribution in [3.8, 4) is 0 Å². The average molecular weight is 336 g/mol. The molecule has 2 rings (SSSR count). The van der Waals surface area contributed by atoms with E-state index < -0.39 is 5.97 Å². The van der Waals surface area contributed by atoms with Crippen LogP contribution in [0.4, 0.5) is 0 Å². The maximum atomic E-state index is 10.5. The Balaban J connectivity index is 1.95. The van der Waals surface area contributed by atoms with Crippen molar-refractivity contribution in [2.45, 2.75) is 23.8 Å². The molecular formula is C13H15Cl2NO3S. The van der Waals surface area contributed by atoms with E-state index in [1.54, 1.807) is 0 Å². The average Bonchev–Trinajstić information content (AvgIpc) is 2.81. The fourth-order valence-corrected chi connectivity index (χ4v) is 3.75. The fraction of sp³-hybridized carbons (Fsp3) is 0.462. The second-order valence-corrected chi connectivity index (χ2v) is 6.36. The van der Waals surface area contributed by atoms with Crippen molar-refractivity contribution in [1.82, 2.24) is 4.31 Å². The summed E-state index contributed by atoms with van der Waals surface area (Å²) in [5.74, 6) is -0.948. The lowest BCUT2D eigenvalue weighted by atomic mass is 10.2. The van der Waals surface area contributed by atoms with E-state index in [1.165, 1.54) is 11.9 Å². The molecule has 1 atom stereocenters. The van der Waals surface area contributed by atoms with Gasteiger partial charge in [-0.25, -0.2) is 9.10 Å². The van der Waals surface area contributed by atoms with Crippen LogP contribution < -0.4 is 0 Å². The third-order valence-electron chi connectivity index (χ3n) is 2.99. The Morgan fingerprint density at radius 1 is 1.45 bits per heavy atom. The van der Waals surface area contributed by atoms with Crippen LogP contribution in [0.1, 0.15) is 12.8 Å². The molecule has 0 radical (unpaired) electrons. The highest BCUT2D eigenvalue weighted by atomic mass is 35.5. The van der Waals surface area contributed by atoms with Gasteiger partial charge in [0.05, 0.1) is 21.5 Å². The van der Waals surface area contributed by atoms with Gasteiger partial charge >= 0.3 is 5.97 Å². The number of carbonyl (C=O) groups is 1. The molecule has 1 heterocycles. The van der Waals surface area contributed by atoms with Crippen LogP contribution in [0.3, 0.4) is 0 Å². The smallest absolute Gasteiger partial charge is 0.329 e. The van der Waals surface area contributed by atoms with Crippen molar-refractivity contribution in [1.29, 1.82) is 0 Å². The molecule has 20 heavy (non-hydrogen) atoms. The highest BCUT2D eigenvalue weighted by Crippen LogP contribution is 2.39. The summed E-state index contributed by atoms with van der Waals surface area (Å²) in [6.07, 6.45) is 2.03. The first-order chi connectivity index (χ1) is 9.58. The molecule has 7 heteroatoms. The lowest BCUT2D eigenvalue weighted by molar-refractivity contribution is -0.142. The van der Waals surface area contributed by atoms with Gasteiger partial charge in [-0.15, -0.1) is 0 Å². The Kier molecular flexibility index (Phi) is 5.99. The highest BCUT2D eigenvalue weighted by Gasteiger charge is 2.27. The molecule has 1 N–H and O–H groups in total. The maximum absolute atomic E-state index is 10.5. The molecule has 0 bridgehead atoms. The van der Waals surface area contributed by atoms with E-state index in [-0.39, 0.29) is 12.6 Å². The molecule has 0 saturated carbocycles. The lowest BCUT2D eigenvalue weighted by Gasteiger charge is -2.23. The zero-order chi connectivity index (χ0) is 14.5. The van der Waals surface area contributed by atoms with Crippen LogP contribution in [0.5, 0.6) is 0 Å². The second kappa shape index (κ2) is 7.52. The predicted molar refractivity (Wildman–Crippen MR) is 80.5 cm³/mol. The third-order valence-corrected chi connectivity index (χ3v) is 5.18. The fourth-order valence-electron chi connectivity index (χ4n) is 2.07. The van der Waals surface area contributed by atoms with E-state index in [4.69, 9.17) is 33.0 Å². The summed E-state index contributed by atoms with van der Waals surface area (Å²) >= 11 is 13.8. The Hall–Kier alpha value is -0.460. The molecule has 110 valence electrons. The molecule has 0 amide bonds. The van der Waals surface area contributed by atoms with Crippen LogP contribution in [0, 0.1) is 0 Å². The van der Waals surface area contributed by atoms with Gasteiger partial charge < -0.3 is 9.84 Å². The molecule has 1 saturated heterocycles. The number of rotatable bonds is 6. The van der Waals surface area contributed by atoms with Crippen molar-refractivity contribution in [2.75, 3.05) is 19.8 Å². The summed E-state index contributed by atoms with van der Waals surface area (Å²) in [6, 6.07) is 5.61. The maximum Gasteiger partial charge on any atom is 0.329 e. The van der Waals surface area contributed by atoms with Crippen LogP contribution in [0.2, 0.25) is 10.0 Å². The second-order valence-electron chi connectivity index (χ2n) is 4.49. The minimum absolute atomic E-state index is 0.187. The van der Waals surface area contributed by atoms with Gasteiger partial charge in [-0.3, -0.25) is 0 Å². The van der Waals surface area contributed by atoms with Gasteiger partial charge in [0.15, 0.2) is 0 Å².